The van der Waals surface area contributed by atoms with Gasteiger partial charge in [-0.25, -0.2) is 10.2 Å². The van der Waals surface area contributed by atoms with E-state index in [1.165, 1.54) is 6.21 Å². The fourth-order valence-corrected chi connectivity index (χ4v) is 2.89. The van der Waals surface area contributed by atoms with Crippen LogP contribution in [-0.2, 0) is 19.1 Å². The summed E-state index contributed by atoms with van der Waals surface area (Å²) in [5.41, 5.74) is 5.87. The minimum atomic E-state index is -0.471. The molecule has 2 aromatic carbocycles. The van der Waals surface area contributed by atoms with Gasteiger partial charge in [-0.05, 0) is 68.7 Å². The molecule has 2 amide bonds. The molecule has 0 saturated heterocycles. The standard InChI is InChI=1S/C25H31N3O6/c1-5-32-22-14-19(10-11-21(22)34-16-25(31)33-6-2)15-26-28-24(30)13-12-23(29)27-20-9-7-8-17(3)18(20)4/h7-11,14-15H,5-6,12-13,16H2,1-4H3,(H,27,29)(H,28,30). The van der Waals surface area contributed by atoms with Crippen LogP contribution in [0.5, 0.6) is 11.5 Å². The van der Waals surface area contributed by atoms with Crippen molar-refractivity contribution in [2.45, 2.75) is 40.5 Å². The van der Waals surface area contributed by atoms with Gasteiger partial charge >= 0.3 is 5.97 Å². The highest BCUT2D eigenvalue weighted by molar-refractivity contribution is 5.94. The second-order valence-corrected chi connectivity index (χ2v) is 7.32. The highest BCUT2D eigenvalue weighted by Gasteiger charge is 2.11. The monoisotopic (exact) mass is 469 g/mol. The molecule has 9 heteroatoms. The molecule has 0 radical (unpaired) electrons. The SMILES string of the molecule is CCOC(=O)COc1ccc(C=NNC(=O)CCC(=O)Nc2cccc(C)c2C)cc1OCC. The molecule has 182 valence electrons. The molecule has 0 aliphatic heterocycles. The first-order valence-corrected chi connectivity index (χ1v) is 11.1. The van der Waals surface area contributed by atoms with E-state index in [4.69, 9.17) is 14.2 Å². The highest BCUT2D eigenvalue weighted by Crippen LogP contribution is 2.28. The van der Waals surface area contributed by atoms with Crippen molar-refractivity contribution in [3.8, 4) is 11.5 Å². The number of anilines is 1. The van der Waals surface area contributed by atoms with Gasteiger partial charge in [0.1, 0.15) is 0 Å². The molecule has 0 aromatic heterocycles. The highest BCUT2D eigenvalue weighted by atomic mass is 16.6. The molecule has 34 heavy (non-hydrogen) atoms. The molecule has 2 N–H and O–H groups in total. The van der Waals surface area contributed by atoms with Crippen LogP contribution in [0.4, 0.5) is 5.69 Å². The van der Waals surface area contributed by atoms with E-state index in [2.05, 4.69) is 15.8 Å². The van der Waals surface area contributed by atoms with E-state index in [0.29, 0.717) is 23.7 Å². The van der Waals surface area contributed by atoms with Gasteiger partial charge in [-0.3, -0.25) is 9.59 Å². The fourth-order valence-electron chi connectivity index (χ4n) is 2.89. The van der Waals surface area contributed by atoms with Crippen molar-refractivity contribution < 1.29 is 28.6 Å². The van der Waals surface area contributed by atoms with Gasteiger partial charge in [-0.1, -0.05) is 12.1 Å². The van der Waals surface area contributed by atoms with Gasteiger partial charge in [-0.2, -0.15) is 5.10 Å². The van der Waals surface area contributed by atoms with Crippen LogP contribution in [-0.4, -0.2) is 43.8 Å². The summed E-state index contributed by atoms with van der Waals surface area (Å²) in [6.45, 7) is 7.90. The van der Waals surface area contributed by atoms with Crippen LogP contribution in [0.15, 0.2) is 41.5 Å². The lowest BCUT2D eigenvalue weighted by molar-refractivity contribution is -0.145. The summed E-state index contributed by atoms with van der Waals surface area (Å²) in [5, 5.41) is 6.76. The van der Waals surface area contributed by atoms with Gasteiger partial charge < -0.3 is 19.5 Å². The number of hydrogen-bond donors (Lipinski definition) is 2. The van der Waals surface area contributed by atoms with Crippen LogP contribution < -0.4 is 20.2 Å². The molecule has 9 nitrogen and oxygen atoms in total. The minimum Gasteiger partial charge on any atom is -0.490 e. The second-order valence-electron chi connectivity index (χ2n) is 7.32. The molecule has 2 rings (SSSR count). The molecule has 0 aliphatic rings. The van der Waals surface area contributed by atoms with Crippen molar-refractivity contribution in [1.82, 2.24) is 5.43 Å². The van der Waals surface area contributed by atoms with E-state index < -0.39 is 5.97 Å². The van der Waals surface area contributed by atoms with E-state index in [1.54, 1.807) is 25.1 Å². The van der Waals surface area contributed by atoms with Crippen LogP contribution in [0.3, 0.4) is 0 Å². The molecule has 0 saturated carbocycles. The molecule has 0 unspecified atom stereocenters. The average molecular weight is 470 g/mol. The Bertz CT molecular complexity index is 1040. The molecule has 0 heterocycles. The summed E-state index contributed by atoms with van der Waals surface area (Å²) < 4.78 is 15.9. The van der Waals surface area contributed by atoms with Gasteiger partial charge in [0.25, 0.3) is 0 Å². The van der Waals surface area contributed by atoms with E-state index in [9.17, 15) is 14.4 Å². The zero-order chi connectivity index (χ0) is 24.9. The summed E-state index contributed by atoms with van der Waals surface area (Å²) in [6, 6.07) is 10.7. The molecule has 0 fully saturated rings. The maximum atomic E-state index is 12.2. The van der Waals surface area contributed by atoms with E-state index >= 15 is 0 Å². The van der Waals surface area contributed by atoms with Crippen molar-refractivity contribution >= 4 is 29.7 Å². The van der Waals surface area contributed by atoms with Crippen molar-refractivity contribution in [3.63, 3.8) is 0 Å². The Balaban J connectivity index is 1.85. The predicted octanol–water partition coefficient (Wildman–Crippen LogP) is 3.51. The number of amides is 2. The zero-order valence-corrected chi connectivity index (χ0v) is 20.0. The first-order valence-electron chi connectivity index (χ1n) is 11.1. The minimum absolute atomic E-state index is 0.00112. The third kappa shape index (κ3) is 8.57. The second kappa shape index (κ2) is 13.6. The summed E-state index contributed by atoms with van der Waals surface area (Å²) >= 11 is 0. The molecule has 0 aliphatic carbocycles. The Morgan fingerprint density at radius 2 is 1.71 bits per heavy atom. The summed E-state index contributed by atoms with van der Waals surface area (Å²) in [6.07, 6.45) is 1.49. The summed E-state index contributed by atoms with van der Waals surface area (Å²) in [4.78, 5) is 35.7. The number of hydrazone groups is 1. The van der Waals surface area contributed by atoms with Crippen molar-refractivity contribution in [3.05, 3.63) is 53.1 Å². The van der Waals surface area contributed by atoms with Crippen LogP contribution >= 0.6 is 0 Å². The molecule has 0 spiro atoms. The van der Waals surface area contributed by atoms with Crippen LogP contribution in [0.25, 0.3) is 0 Å². The quantitative estimate of drug-likeness (QED) is 0.279. The number of esters is 1. The number of aryl methyl sites for hydroxylation is 1. The van der Waals surface area contributed by atoms with Gasteiger partial charge in [0.15, 0.2) is 18.1 Å². The maximum absolute atomic E-state index is 12.2. The van der Waals surface area contributed by atoms with E-state index in [0.717, 1.165) is 16.8 Å². The number of rotatable bonds is 12. The fraction of sp³-hybridized carbons (Fsp3) is 0.360. The Morgan fingerprint density at radius 3 is 2.44 bits per heavy atom. The van der Waals surface area contributed by atoms with Crippen LogP contribution in [0.2, 0.25) is 0 Å². The lowest BCUT2D eigenvalue weighted by Gasteiger charge is -2.12. The smallest absolute Gasteiger partial charge is 0.344 e. The lowest BCUT2D eigenvalue weighted by Crippen LogP contribution is -2.21. The Hall–Kier alpha value is -3.88. The number of nitrogens with zero attached hydrogens (tertiary/aromatic N) is 1. The molecular formula is C25H31N3O6. The lowest BCUT2D eigenvalue weighted by atomic mass is 10.1. The van der Waals surface area contributed by atoms with Crippen molar-refractivity contribution in [2.24, 2.45) is 5.10 Å². The first-order chi connectivity index (χ1) is 16.3. The number of hydrogen-bond acceptors (Lipinski definition) is 7. The van der Waals surface area contributed by atoms with Crippen molar-refractivity contribution in [2.75, 3.05) is 25.1 Å². The normalized spacial score (nSPS) is 10.6. The van der Waals surface area contributed by atoms with E-state index in [-0.39, 0.29) is 37.9 Å². The Kier molecular flexibility index (Phi) is 10.6. The Labute approximate surface area is 199 Å². The molecule has 0 atom stereocenters. The molecular weight excluding hydrogens is 438 g/mol. The summed E-state index contributed by atoms with van der Waals surface area (Å²) in [5.74, 6) is -0.267. The Morgan fingerprint density at radius 1 is 0.941 bits per heavy atom. The maximum Gasteiger partial charge on any atom is 0.344 e. The number of carbonyl (C=O) groups excluding carboxylic acids is 3. The summed E-state index contributed by atoms with van der Waals surface area (Å²) in [7, 11) is 0. The van der Waals surface area contributed by atoms with Gasteiger partial charge in [-0.15, -0.1) is 0 Å². The topological polar surface area (TPSA) is 115 Å². The average Bonchev–Trinajstić information content (AvgIpc) is 2.80. The molecule has 0 bridgehead atoms. The third-order valence-electron chi connectivity index (χ3n) is 4.78. The van der Waals surface area contributed by atoms with Gasteiger partial charge in [0.2, 0.25) is 11.8 Å². The van der Waals surface area contributed by atoms with Gasteiger partial charge in [0.05, 0.1) is 19.4 Å². The number of carbonyl (C=O) groups is 3. The number of ether oxygens (including phenoxy) is 3. The zero-order valence-electron chi connectivity index (χ0n) is 20.0. The molecule has 2 aromatic rings. The van der Waals surface area contributed by atoms with E-state index in [1.807, 2.05) is 39.0 Å². The number of nitrogens with one attached hydrogen (secondary N) is 2. The van der Waals surface area contributed by atoms with Crippen LogP contribution in [0, 0.1) is 13.8 Å². The largest absolute Gasteiger partial charge is 0.490 e. The first kappa shape index (κ1) is 26.4. The third-order valence-corrected chi connectivity index (χ3v) is 4.78. The number of benzene rings is 2. The van der Waals surface area contributed by atoms with Crippen molar-refractivity contribution in [1.29, 1.82) is 0 Å². The van der Waals surface area contributed by atoms with Gasteiger partial charge in [0, 0.05) is 18.5 Å². The predicted molar refractivity (Wildman–Crippen MR) is 129 cm³/mol. The van der Waals surface area contributed by atoms with Crippen LogP contribution in [0.1, 0.15) is 43.4 Å².